The molecule has 0 aliphatic carbocycles. The van der Waals surface area contributed by atoms with Crippen LogP contribution in [0.25, 0.3) is 0 Å². The van der Waals surface area contributed by atoms with Gasteiger partial charge in [0.05, 0.1) is 9.79 Å². The van der Waals surface area contributed by atoms with Gasteiger partial charge in [-0.05, 0) is 49.2 Å². The Labute approximate surface area is 181 Å². The predicted octanol–water partition coefficient (Wildman–Crippen LogP) is 1.26. The van der Waals surface area contributed by atoms with E-state index in [1.165, 1.54) is 48.7 Å². The third kappa shape index (κ3) is 4.77. The zero-order chi connectivity index (χ0) is 22.2. The van der Waals surface area contributed by atoms with Crippen molar-refractivity contribution < 1.29 is 25.3 Å². The van der Waals surface area contributed by atoms with Gasteiger partial charge in [-0.15, -0.1) is 11.3 Å². The van der Waals surface area contributed by atoms with E-state index in [-0.39, 0.29) is 20.5 Å². The number of rotatable bonds is 8. The summed E-state index contributed by atoms with van der Waals surface area (Å²) in [6.45, 7) is 0.857. The van der Waals surface area contributed by atoms with Gasteiger partial charge in [-0.25, -0.2) is 34.3 Å². The Kier molecular flexibility index (Phi) is 6.72. The van der Waals surface area contributed by atoms with Crippen LogP contribution < -0.4 is 4.72 Å². The van der Waals surface area contributed by atoms with Crippen LogP contribution in [0.4, 0.5) is 0 Å². The summed E-state index contributed by atoms with van der Waals surface area (Å²) in [5.74, 6) is 0. The van der Waals surface area contributed by atoms with Crippen LogP contribution in [-0.4, -0.2) is 61.0 Å². The van der Waals surface area contributed by atoms with Crippen molar-refractivity contribution in [2.75, 3.05) is 27.2 Å². The Morgan fingerprint density at radius 2 is 1.47 bits per heavy atom. The molecule has 1 fully saturated rings. The fourth-order valence-electron chi connectivity index (χ4n) is 2.89. The van der Waals surface area contributed by atoms with E-state index in [1.54, 1.807) is 6.07 Å². The number of hydrogen-bond acceptors (Lipinski definition) is 7. The lowest BCUT2D eigenvalue weighted by Gasteiger charge is -2.15. The average Bonchev–Trinajstić information content (AvgIpc) is 3.39. The molecule has 1 aliphatic rings. The van der Waals surface area contributed by atoms with E-state index < -0.39 is 30.1 Å². The number of hydrogen-bond donors (Lipinski definition) is 1. The first-order valence-electron chi connectivity index (χ1n) is 9.06. The molecule has 13 heteroatoms. The molecule has 1 saturated heterocycles. The number of nitrogens with zero attached hydrogens (tertiary/aromatic N) is 2. The van der Waals surface area contributed by atoms with Crippen molar-refractivity contribution in [3.05, 3.63) is 41.3 Å². The van der Waals surface area contributed by atoms with Crippen LogP contribution in [0.15, 0.2) is 50.4 Å². The summed E-state index contributed by atoms with van der Waals surface area (Å²) in [6.07, 6.45) is 1.63. The van der Waals surface area contributed by atoms with E-state index >= 15 is 0 Å². The molecule has 1 aromatic carbocycles. The van der Waals surface area contributed by atoms with Gasteiger partial charge in [0.25, 0.3) is 10.0 Å². The molecule has 1 aromatic heterocycles. The molecule has 0 saturated carbocycles. The molecule has 9 nitrogen and oxygen atoms in total. The maximum atomic E-state index is 12.5. The average molecular weight is 494 g/mol. The Bertz CT molecular complexity index is 1210. The van der Waals surface area contributed by atoms with Gasteiger partial charge in [-0.1, -0.05) is 0 Å². The van der Waals surface area contributed by atoms with Crippen LogP contribution in [0.1, 0.15) is 17.7 Å². The molecule has 1 N–H and O–H groups in total. The van der Waals surface area contributed by atoms with Gasteiger partial charge in [-0.2, -0.15) is 4.31 Å². The first-order valence-corrected chi connectivity index (χ1v) is 14.2. The Balaban J connectivity index is 1.71. The van der Waals surface area contributed by atoms with Crippen LogP contribution in [0.5, 0.6) is 0 Å². The molecule has 0 amide bonds. The monoisotopic (exact) mass is 493 g/mol. The van der Waals surface area contributed by atoms with Gasteiger partial charge < -0.3 is 0 Å². The lowest BCUT2D eigenvalue weighted by Crippen LogP contribution is -2.28. The third-order valence-corrected chi connectivity index (χ3v) is 11.3. The van der Waals surface area contributed by atoms with Crippen molar-refractivity contribution in [1.29, 1.82) is 0 Å². The Morgan fingerprint density at radius 1 is 0.900 bits per heavy atom. The molecular weight excluding hydrogens is 470 g/mol. The summed E-state index contributed by atoms with van der Waals surface area (Å²) < 4.78 is 79.4. The van der Waals surface area contributed by atoms with Crippen molar-refractivity contribution >= 4 is 41.4 Å². The standard InChI is InChI=1S/C17H23N3O6S4/c1-19(2)30(25,26)17-10-5-14(27-17)13-18-28(21,22)15-6-8-16(9-7-15)29(23,24)20-11-3-4-12-20/h5-10,18H,3-4,11-13H2,1-2H3. The molecule has 0 radical (unpaired) electrons. The second-order valence-corrected chi connectivity index (χ2v) is 14.2. The molecule has 0 unspecified atom stereocenters. The lowest BCUT2D eigenvalue weighted by molar-refractivity contribution is 0.477. The highest BCUT2D eigenvalue weighted by Crippen LogP contribution is 2.25. The minimum Gasteiger partial charge on any atom is -0.207 e. The first-order chi connectivity index (χ1) is 13.9. The van der Waals surface area contributed by atoms with E-state index in [4.69, 9.17) is 0 Å². The molecule has 0 bridgehead atoms. The fraction of sp³-hybridized carbons (Fsp3) is 0.412. The maximum absolute atomic E-state index is 12.5. The zero-order valence-electron chi connectivity index (χ0n) is 16.5. The lowest BCUT2D eigenvalue weighted by atomic mass is 10.4. The summed E-state index contributed by atoms with van der Waals surface area (Å²) in [7, 11) is -8.24. The molecule has 2 heterocycles. The molecular formula is C17H23N3O6S4. The number of benzene rings is 1. The fourth-order valence-corrected chi connectivity index (χ4v) is 7.97. The van der Waals surface area contributed by atoms with Crippen LogP contribution in [0.2, 0.25) is 0 Å². The highest BCUT2D eigenvalue weighted by atomic mass is 32.2. The van der Waals surface area contributed by atoms with E-state index in [1.807, 2.05) is 0 Å². The van der Waals surface area contributed by atoms with Crippen LogP contribution in [-0.2, 0) is 36.6 Å². The smallest absolute Gasteiger partial charge is 0.207 e. The minimum absolute atomic E-state index is 0.0557. The molecule has 1 aliphatic heterocycles. The van der Waals surface area contributed by atoms with E-state index in [0.717, 1.165) is 28.5 Å². The molecule has 2 aromatic rings. The Morgan fingerprint density at radius 3 is 2.03 bits per heavy atom. The second-order valence-electron chi connectivity index (χ2n) is 6.92. The SMILES string of the molecule is CN(C)S(=O)(=O)c1ccc(CNS(=O)(=O)c2ccc(S(=O)(=O)N3CCCC3)cc2)s1. The summed E-state index contributed by atoms with van der Waals surface area (Å²) in [4.78, 5) is 0.521. The maximum Gasteiger partial charge on any atom is 0.252 e. The largest absolute Gasteiger partial charge is 0.252 e. The van der Waals surface area contributed by atoms with Gasteiger partial charge in [0.2, 0.25) is 20.0 Å². The van der Waals surface area contributed by atoms with Gasteiger partial charge >= 0.3 is 0 Å². The van der Waals surface area contributed by atoms with Crippen molar-refractivity contribution in [2.24, 2.45) is 0 Å². The highest BCUT2D eigenvalue weighted by molar-refractivity contribution is 7.91. The molecule has 0 spiro atoms. The van der Waals surface area contributed by atoms with Crippen LogP contribution in [0, 0.1) is 0 Å². The van der Waals surface area contributed by atoms with E-state index in [9.17, 15) is 25.3 Å². The van der Waals surface area contributed by atoms with E-state index in [2.05, 4.69) is 4.72 Å². The normalized spacial score (nSPS) is 16.4. The van der Waals surface area contributed by atoms with Crippen LogP contribution in [0.3, 0.4) is 0 Å². The first kappa shape index (κ1) is 23.3. The minimum atomic E-state index is -3.89. The summed E-state index contributed by atoms with van der Waals surface area (Å²) in [5, 5.41) is 0. The van der Waals surface area contributed by atoms with Crippen LogP contribution >= 0.6 is 11.3 Å². The van der Waals surface area contributed by atoms with Crippen molar-refractivity contribution in [1.82, 2.24) is 13.3 Å². The predicted molar refractivity (Wildman–Crippen MR) is 114 cm³/mol. The van der Waals surface area contributed by atoms with Crippen molar-refractivity contribution in [2.45, 2.75) is 33.4 Å². The highest BCUT2D eigenvalue weighted by Gasteiger charge is 2.27. The van der Waals surface area contributed by atoms with Crippen molar-refractivity contribution in [3.63, 3.8) is 0 Å². The molecule has 0 atom stereocenters. The topological polar surface area (TPSA) is 121 Å². The molecule has 166 valence electrons. The van der Waals surface area contributed by atoms with Gasteiger partial charge in [-0.3, -0.25) is 0 Å². The zero-order valence-corrected chi connectivity index (χ0v) is 19.7. The molecule has 30 heavy (non-hydrogen) atoms. The second kappa shape index (κ2) is 8.65. The molecule has 3 rings (SSSR count). The van der Waals surface area contributed by atoms with E-state index in [0.29, 0.717) is 18.0 Å². The Hall–Kier alpha value is -1.35. The van der Waals surface area contributed by atoms with Gasteiger partial charge in [0, 0.05) is 38.6 Å². The summed E-state index contributed by atoms with van der Waals surface area (Å²) >= 11 is 0.983. The third-order valence-electron chi connectivity index (χ3n) is 4.65. The summed E-state index contributed by atoms with van der Waals surface area (Å²) in [5.41, 5.74) is 0. The van der Waals surface area contributed by atoms with Gasteiger partial charge in [0.15, 0.2) is 0 Å². The summed E-state index contributed by atoms with van der Waals surface area (Å²) in [6, 6.07) is 8.06. The van der Waals surface area contributed by atoms with Gasteiger partial charge in [0.1, 0.15) is 4.21 Å². The quantitative estimate of drug-likeness (QED) is 0.591. The number of sulfonamides is 3. The number of thiophene rings is 1. The van der Waals surface area contributed by atoms with Crippen molar-refractivity contribution in [3.8, 4) is 0 Å². The number of nitrogens with one attached hydrogen (secondary N) is 1.